The van der Waals surface area contributed by atoms with Gasteiger partial charge < -0.3 is 4.90 Å². The van der Waals surface area contributed by atoms with Gasteiger partial charge in [-0.2, -0.15) is 0 Å². The summed E-state index contributed by atoms with van der Waals surface area (Å²) in [6.45, 7) is 6.92. The van der Waals surface area contributed by atoms with E-state index in [1.165, 1.54) is 0 Å². The maximum Gasteiger partial charge on any atom is 0.225 e. The SMILES string of the molecule is CC.C[C@H]1CCN(C)C1=O. The Morgan fingerprint density at radius 3 is 2.10 bits per heavy atom. The fourth-order valence-corrected chi connectivity index (χ4v) is 0.997. The van der Waals surface area contributed by atoms with Gasteiger partial charge in [0.25, 0.3) is 0 Å². The van der Waals surface area contributed by atoms with Crippen LogP contribution in [0, 0.1) is 5.92 Å². The smallest absolute Gasteiger partial charge is 0.225 e. The maximum atomic E-state index is 10.8. The first-order valence-electron chi connectivity index (χ1n) is 3.97. The molecule has 10 heavy (non-hydrogen) atoms. The highest BCUT2D eigenvalue weighted by atomic mass is 16.2. The summed E-state index contributed by atoms with van der Waals surface area (Å²) < 4.78 is 0. The summed E-state index contributed by atoms with van der Waals surface area (Å²) >= 11 is 0. The van der Waals surface area contributed by atoms with E-state index < -0.39 is 0 Å². The van der Waals surface area contributed by atoms with Gasteiger partial charge in [-0.05, 0) is 6.42 Å². The third kappa shape index (κ3) is 2.01. The van der Waals surface area contributed by atoms with Crippen molar-refractivity contribution in [1.82, 2.24) is 4.90 Å². The molecule has 1 heterocycles. The normalized spacial score (nSPS) is 24.2. The molecule has 0 saturated carbocycles. The second-order valence-corrected chi connectivity index (χ2v) is 2.45. The highest BCUT2D eigenvalue weighted by molar-refractivity contribution is 5.80. The minimum Gasteiger partial charge on any atom is -0.346 e. The molecule has 1 atom stereocenters. The topological polar surface area (TPSA) is 20.3 Å². The minimum absolute atomic E-state index is 0.278. The van der Waals surface area contributed by atoms with Gasteiger partial charge in [0.05, 0.1) is 0 Å². The van der Waals surface area contributed by atoms with Gasteiger partial charge in [-0.3, -0.25) is 4.79 Å². The van der Waals surface area contributed by atoms with Gasteiger partial charge in [-0.1, -0.05) is 20.8 Å². The Hall–Kier alpha value is -0.530. The summed E-state index contributed by atoms with van der Waals surface area (Å²) in [6.07, 6.45) is 1.04. The molecule has 2 heteroatoms. The van der Waals surface area contributed by atoms with E-state index in [4.69, 9.17) is 0 Å². The van der Waals surface area contributed by atoms with Crippen LogP contribution in [0.25, 0.3) is 0 Å². The van der Waals surface area contributed by atoms with Gasteiger partial charge in [0, 0.05) is 19.5 Å². The predicted molar refractivity (Wildman–Crippen MR) is 42.8 cm³/mol. The zero-order valence-electron chi connectivity index (χ0n) is 7.35. The molecule has 1 rings (SSSR count). The maximum absolute atomic E-state index is 10.8. The number of carbonyl (C=O) groups excluding carboxylic acids is 1. The molecule has 0 aromatic rings. The lowest BCUT2D eigenvalue weighted by molar-refractivity contribution is -0.129. The van der Waals surface area contributed by atoms with Crippen molar-refractivity contribution in [3.05, 3.63) is 0 Å². The quantitative estimate of drug-likeness (QED) is 0.503. The molecule has 1 saturated heterocycles. The Balaban J connectivity index is 0.000000371. The van der Waals surface area contributed by atoms with Crippen molar-refractivity contribution in [2.24, 2.45) is 5.92 Å². The van der Waals surface area contributed by atoms with Gasteiger partial charge >= 0.3 is 0 Å². The number of rotatable bonds is 0. The van der Waals surface area contributed by atoms with Gasteiger partial charge in [-0.25, -0.2) is 0 Å². The molecule has 0 bridgehead atoms. The lowest BCUT2D eigenvalue weighted by Gasteiger charge is -2.05. The van der Waals surface area contributed by atoms with Crippen molar-refractivity contribution in [2.75, 3.05) is 13.6 Å². The van der Waals surface area contributed by atoms with E-state index in [2.05, 4.69) is 0 Å². The summed E-state index contributed by atoms with van der Waals surface area (Å²) in [5.74, 6) is 0.574. The molecule has 0 spiro atoms. The molecule has 2 nitrogen and oxygen atoms in total. The summed E-state index contributed by atoms with van der Waals surface area (Å²) in [5.41, 5.74) is 0. The fraction of sp³-hybridized carbons (Fsp3) is 0.875. The van der Waals surface area contributed by atoms with Crippen molar-refractivity contribution in [3.8, 4) is 0 Å². The first-order chi connectivity index (χ1) is 4.72. The second-order valence-electron chi connectivity index (χ2n) is 2.45. The van der Waals surface area contributed by atoms with Crippen molar-refractivity contribution in [2.45, 2.75) is 27.2 Å². The summed E-state index contributed by atoms with van der Waals surface area (Å²) in [7, 11) is 1.85. The molecule has 0 radical (unpaired) electrons. The Kier molecular flexibility index (Phi) is 4.08. The zero-order valence-corrected chi connectivity index (χ0v) is 7.35. The monoisotopic (exact) mass is 143 g/mol. The summed E-state index contributed by atoms with van der Waals surface area (Å²) in [6, 6.07) is 0. The third-order valence-electron chi connectivity index (χ3n) is 1.70. The zero-order chi connectivity index (χ0) is 8.15. The van der Waals surface area contributed by atoms with Crippen LogP contribution in [0.4, 0.5) is 0 Å². The highest BCUT2D eigenvalue weighted by Gasteiger charge is 2.23. The van der Waals surface area contributed by atoms with Gasteiger partial charge in [0.2, 0.25) is 5.91 Å². The number of hydrogen-bond acceptors (Lipinski definition) is 1. The van der Waals surface area contributed by atoms with Crippen molar-refractivity contribution < 1.29 is 4.79 Å². The Labute approximate surface area is 63.2 Å². The average molecular weight is 143 g/mol. The predicted octanol–water partition coefficient (Wildman–Crippen LogP) is 1.51. The molecule has 0 aromatic carbocycles. The van der Waals surface area contributed by atoms with E-state index in [1.807, 2.05) is 27.8 Å². The van der Waals surface area contributed by atoms with E-state index in [0.717, 1.165) is 13.0 Å². The molecule has 1 fully saturated rings. The van der Waals surface area contributed by atoms with Crippen LogP contribution < -0.4 is 0 Å². The molecular formula is C8H17NO. The van der Waals surface area contributed by atoms with Crippen LogP contribution in [0.3, 0.4) is 0 Å². The lowest BCUT2D eigenvalue weighted by Crippen LogP contribution is -2.21. The molecule has 0 unspecified atom stereocenters. The molecule has 0 N–H and O–H groups in total. The van der Waals surface area contributed by atoms with E-state index in [9.17, 15) is 4.79 Å². The van der Waals surface area contributed by atoms with Gasteiger partial charge in [0.1, 0.15) is 0 Å². The molecule has 60 valence electrons. The number of amides is 1. The first kappa shape index (κ1) is 9.47. The van der Waals surface area contributed by atoms with E-state index >= 15 is 0 Å². The van der Waals surface area contributed by atoms with E-state index in [1.54, 1.807) is 4.90 Å². The number of carbonyl (C=O) groups is 1. The summed E-state index contributed by atoms with van der Waals surface area (Å²) in [5, 5.41) is 0. The second kappa shape index (κ2) is 4.31. The van der Waals surface area contributed by atoms with Crippen LogP contribution in [-0.4, -0.2) is 24.4 Å². The standard InChI is InChI=1S/C6H11NO.C2H6/c1-5-3-4-7(2)6(5)8;1-2/h5H,3-4H2,1-2H3;1-2H3/t5-;/m0./s1. The number of likely N-dealkylation sites (tertiary alicyclic amines) is 1. The number of hydrogen-bond donors (Lipinski definition) is 0. The molecule has 1 aliphatic heterocycles. The Morgan fingerprint density at radius 2 is 2.00 bits per heavy atom. The molecule has 1 aliphatic rings. The van der Waals surface area contributed by atoms with Crippen LogP contribution in [0.15, 0.2) is 0 Å². The van der Waals surface area contributed by atoms with Crippen LogP contribution in [-0.2, 0) is 4.79 Å². The van der Waals surface area contributed by atoms with Crippen LogP contribution in [0.5, 0.6) is 0 Å². The molecule has 1 amide bonds. The largest absolute Gasteiger partial charge is 0.346 e. The van der Waals surface area contributed by atoms with Crippen molar-refractivity contribution >= 4 is 5.91 Å². The first-order valence-corrected chi connectivity index (χ1v) is 3.97. The molecule has 0 aliphatic carbocycles. The van der Waals surface area contributed by atoms with Crippen molar-refractivity contribution in [1.29, 1.82) is 0 Å². The van der Waals surface area contributed by atoms with Crippen molar-refractivity contribution in [3.63, 3.8) is 0 Å². The van der Waals surface area contributed by atoms with E-state index in [0.29, 0.717) is 5.91 Å². The van der Waals surface area contributed by atoms with Crippen LogP contribution >= 0.6 is 0 Å². The molecular weight excluding hydrogens is 126 g/mol. The average Bonchev–Trinajstić information content (AvgIpc) is 2.25. The summed E-state index contributed by atoms with van der Waals surface area (Å²) in [4.78, 5) is 12.6. The number of nitrogens with zero attached hydrogens (tertiary/aromatic N) is 1. The molecule has 0 aromatic heterocycles. The fourth-order valence-electron chi connectivity index (χ4n) is 0.997. The minimum atomic E-state index is 0.278. The van der Waals surface area contributed by atoms with Crippen LogP contribution in [0.2, 0.25) is 0 Å². The van der Waals surface area contributed by atoms with Gasteiger partial charge in [-0.15, -0.1) is 0 Å². The third-order valence-corrected chi connectivity index (χ3v) is 1.70. The lowest BCUT2D eigenvalue weighted by atomic mass is 10.1. The highest BCUT2D eigenvalue weighted by Crippen LogP contribution is 2.13. The van der Waals surface area contributed by atoms with Gasteiger partial charge in [0.15, 0.2) is 0 Å². The Morgan fingerprint density at radius 1 is 1.50 bits per heavy atom. The van der Waals surface area contributed by atoms with E-state index in [-0.39, 0.29) is 5.92 Å². The van der Waals surface area contributed by atoms with Crippen LogP contribution in [0.1, 0.15) is 27.2 Å². The Bertz CT molecular complexity index is 99.8.